The Bertz CT molecular complexity index is 923. The first-order chi connectivity index (χ1) is 12.7. The average Bonchev–Trinajstić information content (AvgIpc) is 3.24. The lowest BCUT2D eigenvalue weighted by Gasteiger charge is -2.29. The van der Waals surface area contributed by atoms with Gasteiger partial charge in [-0.15, -0.1) is 11.3 Å². The molecule has 136 valence electrons. The van der Waals surface area contributed by atoms with Gasteiger partial charge in [-0.2, -0.15) is 5.10 Å². The maximum absolute atomic E-state index is 13.0. The molecule has 0 bridgehead atoms. The Balaban J connectivity index is 1.38. The maximum atomic E-state index is 13.0. The van der Waals surface area contributed by atoms with Crippen molar-refractivity contribution in [2.24, 2.45) is 5.92 Å². The van der Waals surface area contributed by atoms with Gasteiger partial charge in [-0.3, -0.25) is 9.48 Å². The fourth-order valence-corrected chi connectivity index (χ4v) is 4.72. The predicted octanol–water partition coefficient (Wildman–Crippen LogP) is 3.31. The first kappa shape index (κ1) is 16.1. The van der Waals surface area contributed by atoms with Crippen molar-refractivity contribution in [3.8, 4) is 0 Å². The number of H-pyrrole nitrogens is 1. The van der Waals surface area contributed by atoms with E-state index in [9.17, 15) is 9.90 Å². The number of carbonyl (C=O) groups excluding carboxylic acids is 1. The molecule has 6 nitrogen and oxygen atoms in total. The molecular weight excluding hydrogens is 348 g/mol. The Morgan fingerprint density at radius 1 is 1.31 bits per heavy atom. The van der Waals surface area contributed by atoms with Crippen LogP contribution in [-0.2, 0) is 13.1 Å². The Hall–Kier alpha value is -2.12. The third kappa shape index (κ3) is 2.66. The number of carbonyl (C=O) groups is 1. The van der Waals surface area contributed by atoms with Crippen LogP contribution in [0.5, 0.6) is 0 Å². The number of rotatable bonds is 3. The number of amides is 1. The summed E-state index contributed by atoms with van der Waals surface area (Å²) in [5.41, 5.74) is 3.44. The number of aliphatic hydroxyl groups is 1. The van der Waals surface area contributed by atoms with Crippen LogP contribution in [0.1, 0.15) is 53.7 Å². The monoisotopic (exact) mass is 370 g/mol. The zero-order chi connectivity index (χ0) is 17.7. The highest BCUT2D eigenvalue weighted by Gasteiger charge is 2.30. The number of thiophene rings is 1. The lowest BCUT2D eigenvalue weighted by molar-refractivity contribution is 0.0580. The van der Waals surface area contributed by atoms with Gasteiger partial charge in [-0.25, -0.2) is 0 Å². The molecule has 1 aliphatic carbocycles. The predicted molar refractivity (Wildman–Crippen MR) is 100 cm³/mol. The summed E-state index contributed by atoms with van der Waals surface area (Å²) in [7, 11) is 0. The maximum Gasteiger partial charge on any atom is 0.270 e. The molecule has 1 fully saturated rings. The SMILES string of the molecule is O=C(c1cc2sccc2[nH]1)N1CCCn2nc([C@@H](O)C3CCC3)cc2C1. The second-order valence-electron chi connectivity index (χ2n) is 7.38. The Kier molecular flexibility index (Phi) is 3.86. The number of nitrogens with one attached hydrogen (secondary N) is 1. The van der Waals surface area contributed by atoms with Crippen molar-refractivity contribution in [2.75, 3.05) is 6.54 Å². The lowest BCUT2D eigenvalue weighted by Crippen LogP contribution is -2.31. The van der Waals surface area contributed by atoms with E-state index in [0.717, 1.165) is 54.0 Å². The Morgan fingerprint density at radius 2 is 2.19 bits per heavy atom. The minimum Gasteiger partial charge on any atom is -0.386 e. The number of aromatic nitrogens is 3. The normalized spacial score (nSPS) is 19.2. The second-order valence-corrected chi connectivity index (χ2v) is 8.33. The van der Waals surface area contributed by atoms with Crippen LogP contribution >= 0.6 is 11.3 Å². The van der Waals surface area contributed by atoms with Gasteiger partial charge >= 0.3 is 0 Å². The fourth-order valence-electron chi connectivity index (χ4n) is 3.93. The van der Waals surface area contributed by atoms with Crippen LogP contribution in [0.2, 0.25) is 0 Å². The second kappa shape index (κ2) is 6.25. The van der Waals surface area contributed by atoms with E-state index in [0.29, 0.717) is 18.2 Å². The zero-order valence-electron chi connectivity index (χ0n) is 14.5. The molecule has 3 aromatic rings. The summed E-state index contributed by atoms with van der Waals surface area (Å²) in [6.07, 6.45) is 3.76. The van der Waals surface area contributed by atoms with Gasteiger partial charge in [0.05, 0.1) is 28.1 Å². The summed E-state index contributed by atoms with van der Waals surface area (Å²) in [5, 5.41) is 17.2. The molecule has 7 heteroatoms. The highest BCUT2D eigenvalue weighted by molar-refractivity contribution is 7.17. The van der Waals surface area contributed by atoms with E-state index >= 15 is 0 Å². The van der Waals surface area contributed by atoms with Gasteiger partial charge in [0.15, 0.2) is 0 Å². The average molecular weight is 370 g/mol. The molecule has 0 aromatic carbocycles. The molecule has 26 heavy (non-hydrogen) atoms. The number of nitrogens with zero attached hydrogens (tertiary/aromatic N) is 3. The van der Waals surface area contributed by atoms with Crippen molar-refractivity contribution >= 4 is 27.5 Å². The van der Waals surface area contributed by atoms with Crippen molar-refractivity contribution in [1.29, 1.82) is 0 Å². The number of hydrogen-bond donors (Lipinski definition) is 2. The van der Waals surface area contributed by atoms with Gasteiger partial charge < -0.3 is 15.0 Å². The number of aliphatic hydroxyl groups excluding tert-OH is 1. The molecule has 5 rings (SSSR count). The minimum absolute atomic E-state index is 0.0316. The molecule has 3 aromatic heterocycles. The summed E-state index contributed by atoms with van der Waals surface area (Å²) < 4.78 is 3.08. The van der Waals surface area contributed by atoms with Gasteiger partial charge in [-0.1, -0.05) is 6.42 Å². The van der Waals surface area contributed by atoms with Crippen molar-refractivity contribution in [2.45, 2.75) is 44.9 Å². The number of aromatic amines is 1. The lowest BCUT2D eigenvalue weighted by atomic mass is 9.80. The topological polar surface area (TPSA) is 74.2 Å². The molecule has 1 aliphatic heterocycles. The fraction of sp³-hybridized carbons (Fsp3) is 0.474. The zero-order valence-corrected chi connectivity index (χ0v) is 15.3. The van der Waals surface area contributed by atoms with Crippen LogP contribution in [0.4, 0.5) is 0 Å². The molecule has 0 radical (unpaired) electrons. The molecule has 0 saturated heterocycles. The van der Waals surface area contributed by atoms with Crippen LogP contribution in [0, 0.1) is 5.92 Å². The van der Waals surface area contributed by atoms with Gasteiger partial charge in [0.2, 0.25) is 0 Å². The quantitative estimate of drug-likeness (QED) is 0.743. The van der Waals surface area contributed by atoms with E-state index in [1.54, 1.807) is 11.3 Å². The summed E-state index contributed by atoms with van der Waals surface area (Å²) in [6, 6.07) is 5.93. The smallest absolute Gasteiger partial charge is 0.270 e. The van der Waals surface area contributed by atoms with E-state index in [4.69, 9.17) is 0 Å². The third-order valence-corrected chi connectivity index (χ3v) is 6.55. The summed E-state index contributed by atoms with van der Waals surface area (Å²) in [5.74, 6) is 0.378. The molecule has 4 heterocycles. The first-order valence-corrected chi connectivity index (χ1v) is 10.2. The molecule has 0 unspecified atom stereocenters. The standard InChI is InChI=1S/C19H22N4O2S/c24-18(12-3-1-4-12)15-9-13-11-22(6-2-7-23(13)21-15)19(25)16-10-17-14(20-16)5-8-26-17/h5,8-10,12,18,20,24H,1-4,6-7,11H2/t18-/m0/s1. The summed E-state index contributed by atoms with van der Waals surface area (Å²) in [6.45, 7) is 2.04. The van der Waals surface area contributed by atoms with Gasteiger partial charge in [-0.05, 0) is 48.8 Å². The molecule has 1 atom stereocenters. The highest BCUT2D eigenvalue weighted by Crippen LogP contribution is 2.37. The van der Waals surface area contributed by atoms with E-state index in [2.05, 4.69) is 10.1 Å². The Morgan fingerprint density at radius 3 is 2.96 bits per heavy atom. The van der Waals surface area contributed by atoms with Crippen molar-refractivity contribution in [1.82, 2.24) is 19.7 Å². The van der Waals surface area contributed by atoms with Crippen LogP contribution in [0.3, 0.4) is 0 Å². The van der Waals surface area contributed by atoms with E-state index in [1.807, 2.05) is 33.2 Å². The van der Waals surface area contributed by atoms with Crippen LogP contribution < -0.4 is 0 Å². The number of fused-ring (bicyclic) bond motifs is 2. The summed E-state index contributed by atoms with van der Waals surface area (Å²) >= 11 is 1.64. The number of aryl methyl sites for hydroxylation is 1. The van der Waals surface area contributed by atoms with Crippen molar-refractivity contribution < 1.29 is 9.90 Å². The van der Waals surface area contributed by atoms with E-state index in [-0.39, 0.29) is 5.91 Å². The molecular formula is C19H22N4O2S. The van der Waals surface area contributed by atoms with Gasteiger partial charge in [0, 0.05) is 13.1 Å². The number of hydrogen-bond acceptors (Lipinski definition) is 4. The van der Waals surface area contributed by atoms with Gasteiger partial charge in [0.1, 0.15) is 11.8 Å². The molecule has 1 saturated carbocycles. The minimum atomic E-state index is -0.470. The Labute approximate surface area is 155 Å². The largest absolute Gasteiger partial charge is 0.386 e. The van der Waals surface area contributed by atoms with E-state index in [1.165, 1.54) is 6.42 Å². The van der Waals surface area contributed by atoms with Crippen molar-refractivity contribution in [3.05, 3.63) is 40.7 Å². The van der Waals surface area contributed by atoms with Crippen LogP contribution in [0.15, 0.2) is 23.6 Å². The van der Waals surface area contributed by atoms with E-state index < -0.39 is 6.10 Å². The molecule has 2 N–H and O–H groups in total. The van der Waals surface area contributed by atoms with Crippen LogP contribution in [-0.4, -0.2) is 37.2 Å². The summed E-state index contributed by atoms with van der Waals surface area (Å²) in [4.78, 5) is 18.1. The highest BCUT2D eigenvalue weighted by atomic mass is 32.1. The molecule has 2 aliphatic rings. The van der Waals surface area contributed by atoms with Crippen LogP contribution in [0.25, 0.3) is 10.2 Å². The van der Waals surface area contributed by atoms with Crippen molar-refractivity contribution in [3.63, 3.8) is 0 Å². The molecule has 0 spiro atoms. The molecule has 1 amide bonds. The van der Waals surface area contributed by atoms with Gasteiger partial charge in [0.25, 0.3) is 5.91 Å². The first-order valence-electron chi connectivity index (χ1n) is 9.29. The third-order valence-electron chi connectivity index (χ3n) is 5.69.